The van der Waals surface area contributed by atoms with Gasteiger partial charge < -0.3 is 5.73 Å². The molecule has 0 saturated heterocycles. The highest BCUT2D eigenvalue weighted by Gasteiger charge is 2.21. The molecule has 0 spiro atoms. The number of hydrogen-bond acceptors (Lipinski definition) is 3. The maximum atomic E-state index is 12.7. The molecule has 5 heteroatoms. The first-order valence-corrected chi connectivity index (χ1v) is 8.17. The molecule has 0 fully saturated rings. The zero-order valence-electron chi connectivity index (χ0n) is 12.7. The summed E-state index contributed by atoms with van der Waals surface area (Å²) in [7, 11) is -3.67. The van der Waals surface area contributed by atoms with Crippen LogP contribution in [0, 0.1) is 27.7 Å². The van der Waals surface area contributed by atoms with Gasteiger partial charge in [0, 0.05) is 5.69 Å². The molecule has 0 heterocycles. The largest absolute Gasteiger partial charge is 0.398 e. The Kier molecular flexibility index (Phi) is 3.96. The predicted octanol–water partition coefficient (Wildman–Crippen LogP) is 3.30. The number of nitrogen functional groups attached to an aromatic ring is 1. The van der Waals surface area contributed by atoms with Gasteiger partial charge in [-0.15, -0.1) is 0 Å². The number of hydrogen-bond donors (Lipinski definition) is 2. The number of aryl methyl sites for hydroxylation is 2. The van der Waals surface area contributed by atoms with Crippen molar-refractivity contribution < 1.29 is 8.42 Å². The third kappa shape index (κ3) is 2.88. The van der Waals surface area contributed by atoms with Crippen LogP contribution in [0.1, 0.15) is 22.3 Å². The molecular formula is C16H20N2O2S. The first-order chi connectivity index (χ1) is 9.74. The smallest absolute Gasteiger partial charge is 0.262 e. The molecule has 0 aliphatic heterocycles. The molecule has 4 nitrogen and oxygen atoms in total. The molecule has 0 radical (unpaired) electrons. The lowest BCUT2D eigenvalue weighted by Crippen LogP contribution is -2.17. The van der Waals surface area contributed by atoms with Crippen molar-refractivity contribution >= 4 is 21.4 Å². The molecule has 2 aromatic carbocycles. The van der Waals surface area contributed by atoms with Gasteiger partial charge in [-0.3, -0.25) is 4.72 Å². The second-order valence-corrected chi connectivity index (χ2v) is 6.90. The predicted molar refractivity (Wildman–Crippen MR) is 87.1 cm³/mol. The van der Waals surface area contributed by atoms with Crippen molar-refractivity contribution in [2.75, 3.05) is 10.5 Å². The Morgan fingerprint density at radius 3 is 2.24 bits per heavy atom. The minimum absolute atomic E-state index is 0.253. The van der Waals surface area contributed by atoms with Crippen molar-refractivity contribution in [2.24, 2.45) is 0 Å². The van der Waals surface area contributed by atoms with Crippen LogP contribution < -0.4 is 10.5 Å². The van der Waals surface area contributed by atoms with E-state index in [1.807, 2.05) is 26.0 Å². The highest BCUT2D eigenvalue weighted by atomic mass is 32.2. The maximum absolute atomic E-state index is 12.7. The van der Waals surface area contributed by atoms with Gasteiger partial charge in [-0.1, -0.05) is 18.2 Å². The van der Waals surface area contributed by atoms with Gasteiger partial charge in [-0.05, 0) is 62.1 Å². The van der Waals surface area contributed by atoms with Crippen LogP contribution in [-0.4, -0.2) is 8.42 Å². The van der Waals surface area contributed by atoms with Crippen LogP contribution in [-0.2, 0) is 10.0 Å². The van der Waals surface area contributed by atoms with Crippen molar-refractivity contribution in [1.82, 2.24) is 0 Å². The second-order valence-electron chi connectivity index (χ2n) is 5.28. The normalized spacial score (nSPS) is 11.4. The summed E-state index contributed by atoms with van der Waals surface area (Å²) in [6.07, 6.45) is 0. The lowest BCUT2D eigenvalue weighted by molar-refractivity contribution is 0.600. The topological polar surface area (TPSA) is 72.2 Å². The molecule has 3 N–H and O–H groups in total. The Morgan fingerprint density at radius 1 is 0.905 bits per heavy atom. The highest BCUT2D eigenvalue weighted by Crippen LogP contribution is 2.28. The SMILES string of the molecule is Cc1cccc(NS(=O)(=O)c2c(C)ccc(N)c2C)c1C. The summed E-state index contributed by atoms with van der Waals surface area (Å²) in [5, 5.41) is 0. The summed E-state index contributed by atoms with van der Waals surface area (Å²) in [5.74, 6) is 0. The second kappa shape index (κ2) is 5.41. The number of nitrogens with two attached hydrogens (primary N) is 1. The monoisotopic (exact) mass is 304 g/mol. The van der Waals surface area contributed by atoms with E-state index in [0.29, 0.717) is 22.5 Å². The van der Waals surface area contributed by atoms with Gasteiger partial charge in [0.2, 0.25) is 0 Å². The molecule has 0 aliphatic carbocycles. The molecule has 0 saturated carbocycles. The van der Waals surface area contributed by atoms with E-state index in [0.717, 1.165) is 11.1 Å². The molecule has 0 amide bonds. The van der Waals surface area contributed by atoms with Gasteiger partial charge in [0.1, 0.15) is 0 Å². The first-order valence-electron chi connectivity index (χ1n) is 6.68. The van der Waals surface area contributed by atoms with Crippen molar-refractivity contribution in [3.63, 3.8) is 0 Å². The van der Waals surface area contributed by atoms with Crippen molar-refractivity contribution in [1.29, 1.82) is 0 Å². The number of anilines is 2. The van der Waals surface area contributed by atoms with E-state index in [-0.39, 0.29) is 4.90 Å². The third-order valence-electron chi connectivity index (χ3n) is 3.76. The summed E-state index contributed by atoms with van der Waals surface area (Å²) in [6, 6.07) is 8.99. The Bertz CT molecular complexity index is 796. The molecule has 2 rings (SSSR count). The zero-order valence-corrected chi connectivity index (χ0v) is 13.5. The van der Waals surface area contributed by atoms with Crippen LogP contribution in [0.5, 0.6) is 0 Å². The molecule has 0 aliphatic rings. The van der Waals surface area contributed by atoms with E-state index in [9.17, 15) is 8.42 Å². The van der Waals surface area contributed by atoms with Crippen molar-refractivity contribution in [2.45, 2.75) is 32.6 Å². The Balaban J connectivity index is 2.54. The van der Waals surface area contributed by atoms with Gasteiger partial charge in [-0.2, -0.15) is 0 Å². The molecule has 0 bridgehead atoms. The van der Waals surface area contributed by atoms with Crippen LogP contribution in [0.25, 0.3) is 0 Å². The molecular weight excluding hydrogens is 284 g/mol. The summed E-state index contributed by atoms with van der Waals surface area (Å²) >= 11 is 0. The van der Waals surface area contributed by atoms with Crippen LogP contribution in [0.15, 0.2) is 35.2 Å². The minimum atomic E-state index is -3.67. The number of nitrogens with one attached hydrogen (secondary N) is 1. The maximum Gasteiger partial charge on any atom is 0.262 e. The molecule has 0 unspecified atom stereocenters. The summed E-state index contributed by atoms with van der Waals surface area (Å²) in [5.41, 5.74) is 10.1. The number of rotatable bonds is 3. The average molecular weight is 304 g/mol. The lowest BCUT2D eigenvalue weighted by Gasteiger charge is -2.16. The highest BCUT2D eigenvalue weighted by molar-refractivity contribution is 7.92. The van der Waals surface area contributed by atoms with Gasteiger partial charge >= 0.3 is 0 Å². The zero-order chi connectivity index (χ0) is 15.8. The van der Waals surface area contributed by atoms with Crippen LogP contribution in [0.4, 0.5) is 11.4 Å². The average Bonchev–Trinajstić information content (AvgIpc) is 2.39. The number of sulfonamides is 1. The van der Waals surface area contributed by atoms with Crippen LogP contribution in [0.3, 0.4) is 0 Å². The van der Waals surface area contributed by atoms with Crippen molar-refractivity contribution in [3.8, 4) is 0 Å². The van der Waals surface area contributed by atoms with Gasteiger partial charge in [0.05, 0.1) is 10.6 Å². The number of benzene rings is 2. The quantitative estimate of drug-likeness (QED) is 0.855. The molecule has 0 atom stereocenters. The standard InChI is InChI=1S/C16H20N2O2S/c1-10-6-5-7-15(12(10)3)18-21(19,20)16-11(2)8-9-14(17)13(16)4/h5-9,18H,17H2,1-4H3. The Morgan fingerprint density at radius 2 is 1.57 bits per heavy atom. The van der Waals surface area contributed by atoms with E-state index in [1.165, 1.54) is 0 Å². The van der Waals surface area contributed by atoms with E-state index >= 15 is 0 Å². The summed E-state index contributed by atoms with van der Waals surface area (Å²) < 4.78 is 28.1. The first kappa shape index (κ1) is 15.4. The summed E-state index contributed by atoms with van der Waals surface area (Å²) in [6.45, 7) is 7.33. The van der Waals surface area contributed by atoms with Gasteiger partial charge in [0.25, 0.3) is 10.0 Å². The molecule has 2 aromatic rings. The van der Waals surface area contributed by atoms with Crippen LogP contribution in [0.2, 0.25) is 0 Å². The lowest BCUT2D eigenvalue weighted by atomic mass is 10.1. The molecule has 112 valence electrons. The fraction of sp³-hybridized carbons (Fsp3) is 0.250. The molecule has 0 aromatic heterocycles. The van der Waals surface area contributed by atoms with E-state index in [2.05, 4.69) is 4.72 Å². The Labute approximate surface area is 126 Å². The van der Waals surface area contributed by atoms with Crippen molar-refractivity contribution in [3.05, 3.63) is 52.6 Å². The fourth-order valence-electron chi connectivity index (χ4n) is 2.31. The van der Waals surface area contributed by atoms with E-state index in [4.69, 9.17) is 5.73 Å². The third-order valence-corrected chi connectivity index (χ3v) is 5.42. The van der Waals surface area contributed by atoms with E-state index in [1.54, 1.807) is 32.0 Å². The Hall–Kier alpha value is -2.01. The fourth-order valence-corrected chi connectivity index (χ4v) is 3.94. The van der Waals surface area contributed by atoms with Crippen LogP contribution >= 0.6 is 0 Å². The van der Waals surface area contributed by atoms with Gasteiger partial charge in [0.15, 0.2) is 0 Å². The summed E-state index contributed by atoms with van der Waals surface area (Å²) in [4.78, 5) is 0.253. The van der Waals surface area contributed by atoms with Gasteiger partial charge in [-0.25, -0.2) is 8.42 Å². The van der Waals surface area contributed by atoms with E-state index < -0.39 is 10.0 Å². The molecule has 21 heavy (non-hydrogen) atoms. The minimum Gasteiger partial charge on any atom is -0.398 e.